The van der Waals surface area contributed by atoms with Crippen molar-refractivity contribution in [3.8, 4) is 5.75 Å². The molecule has 2 rings (SSSR count). The first-order valence-electron chi connectivity index (χ1n) is 6.06. The minimum absolute atomic E-state index is 0.183. The molecule has 0 saturated carbocycles. The smallest absolute Gasteiger partial charge is 0.273 e. The molecule has 0 bridgehead atoms. The van der Waals surface area contributed by atoms with Crippen LogP contribution in [-0.4, -0.2) is 16.7 Å². The topological polar surface area (TPSA) is 87.7 Å². The lowest BCUT2D eigenvalue weighted by molar-refractivity contribution is 0.0955. The van der Waals surface area contributed by atoms with Crippen molar-refractivity contribution in [3.63, 3.8) is 0 Å². The molecular formula is C15H15N3O2. The number of benzene rings is 2. The van der Waals surface area contributed by atoms with Crippen LogP contribution in [0.3, 0.4) is 0 Å². The Morgan fingerprint density at radius 1 is 1.15 bits per heavy atom. The predicted molar refractivity (Wildman–Crippen MR) is 78.6 cm³/mol. The van der Waals surface area contributed by atoms with Crippen molar-refractivity contribution in [1.29, 1.82) is 0 Å². The molecular weight excluding hydrogens is 254 g/mol. The van der Waals surface area contributed by atoms with Crippen LogP contribution in [0.1, 0.15) is 22.8 Å². The molecule has 0 unspecified atom stereocenters. The van der Waals surface area contributed by atoms with Gasteiger partial charge in [0.25, 0.3) is 5.91 Å². The number of phenolic OH excluding ortho intramolecular Hbond substituents is 1. The normalized spacial score (nSPS) is 11.2. The molecule has 2 aromatic carbocycles. The average Bonchev–Trinajstić information content (AvgIpc) is 2.45. The highest BCUT2D eigenvalue weighted by atomic mass is 16.3. The third kappa shape index (κ3) is 3.14. The van der Waals surface area contributed by atoms with E-state index in [9.17, 15) is 9.90 Å². The Labute approximate surface area is 116 Å². The summed E-state index contributed by atoms with van der Waals surface area (Å²) in [6.07, 6.45) is 0. The number of carbonyl (C=O) groups is 1. The molecule has 5 heteroatoms. The van der Waals surface area contributed by atoms with Gasteiger partial charge in [0.15, 0.2) is 0 Å². The fourth-order valence-electron chi connectivity index (χ4n) is 1.67. The van der Waals surface area contributed by atoms with Crippen molar-refractivity contribution in [2.75, 3.05) is 5.73 Å². The Hall–Kier alpha value is -2.82. The van der Waals surface area contributed by atoms with E-state index in [1.54, 1.807) is 55.5 Å². The number of amides is 1. The highest BCUT2D eigenvalue weighted by Crippen LogP contribution is 2.11. The third-order valence-electron chi connectivity index (χ3n) is 2.82. The SMILES string of the molecule is C/C(=N/NC(=O)c1ccccc1N)c1ccc(O)cc1. The lowest BCUT2D eigenvalue weighted by atomic mass is 10.1. The molecule has 102 valence electrons. The van der Waals surface area contributed by atoms with Crippen molar-refractivity contribution in [1.82, 2.24) is 5.43 Å². The summed E-state index contributed by atoms with van der Waals surface area (Å²) in [5.74, 6) is -0.177. The number of hydrazone groups is 1. The largest absolute Gasteiger partial charge is 0.508 e. The summed E-state index contributed by atoms with van der Waals surface area (Å²) in [5.41, 5.74) is 10.4. The minimum Gasteiger partial charge on any atom is -0.508 e. The van der Waals surface area contributed by atoms with E-state index in [-0.39, 0.29) is 11.7 Å². The molecule has 0 saturated heterocycles. The van der Waals surface area contributed by atoms with E-state index >= 15 is 0 Å². The Kier molecular flexibility index (Phi) is 4.00. The van der Waals surface area contributed by atoms with E-state index in [4.69, 9.17) is 5.73 Å². The molecule has 0 spiro atoms. The maximum Gasteiger partial charge on any atom is 0.273 e. The highest BCUT2D eigenvalue weighted by molar-refractivity contribution is 6.02. The maximum absolute atomic E-state index is 11.9. The number of phenols is 1. The van der Waals surface area contributed by atoms with E-state index in [0.29, 0.717) is 17.0 Å². The van der Waals surface area contributed by atoms with Gasteiger partial charge in [-0.1, -0.05) is 12.1 Å². The quantitative estimate of drug-likeness (QED) is 0.453. The summed E-state index contributed by atoms with van der Waals surface area (Å²) < 4.78 is 0. The Balaban J connectivity index is 2.11. The number of para-hydroxylation sites is 1. The number of nitrogens with two attached hydrogens (primary N) is 1. The van der Waals surface area contributed by atoms with Crippen LogP contribution in [0.4, 0.5) is 5.69 Å². The first-order chi connectivity index (χ1) is 9.58. The van der Waals surface area contributed by atoms with Crippen LogP contribution in [0.25, 0.3) is 0 Å². The Morgan fingerprint density at radius 3 is 2.45 bits per heavy atom. The van der Waals surface area contributed by atoms with Crippen LogP contribution in [0.15, 0.2) is 53.6 Å². The fourth-order valence-corrected chi connectivity index (χ4v) is 1.67. The number of anilines is 1. The van der Waals surface area contributed by atoms with Gasteiger partial charge in [-0.25, -0.2) is 5.43 Å². The summed E-state index contributed by atoms with van der Waals surface area (Å²) in [5, 5.41) is 13.2. The third-order valence-corrected chi connectivity index (χ3v) is 2.82. The number of hydrogen-bond donors (Lipinski definition) is 3. The number of hydrogen-bond acceptors (Lipinski definition) is 4. The molecule has 0 aliphatic carbocycles. The number of nitrogens with one attached hydrogen (secondary N) is 1. The zero-order valence-electron chi connectivity index (χ0n) is 11.0. The second kappa shape index (κ2) is 5.88. The van der Waals surface area contributed by atoms with Gasteiger partial charge < -0.3 is 10.8 Å². The molecule has 0 aliphatic rings. The molecule has 1 amide bonds. The minimum atomic E-state index is -0.360. The molecule has 0 fully saturated rings. The molecule has 0 radical (unpaired) electrons. The predicted octanol–water partition coefficient (Wildman–Crippen LogP) is 2.13. The van der Waals surface area contributed by atoms with Gasteiger partial charge in [0, 0.05) is 5.69 Å². The van der Waals surface area contributed by atoms with Gasteiger partial charge in [0.05, 0.1) is 11.3 Å². The van der Waals surface area contributed by atoms with Crippen LogP contribution < -0.4 is 11.2 Å². The lowest BCUT2D eigenvalue weighted by Gasteiger charge is -2.05. The van der Waals surface area contributed by atoms with Gasteiger partial charge in [-0.3, -0.25) is 4.79 Å². The second-order valence-corrected chi connectivity index (χ2v) is 4.27. The molecule has 20 heavy (non-hydrogen) atoms. The van der Waals surface area contributed by atoms with Crippen molar-refractivity contribution in [3.05, 3.63) is 59.7 Å². The second-order valence-electron chi connectivity index (χ2n) is 4.27. The summed E-state index contributed by atoms with van der Waals surface area (Å²) in [6.45, 7) is 1.76. The maximum atomic E-state index is 11.9. The zero-order valence-corrected chi connectivity index (χ0v) is 11.0. The molecule has 0 heterocycles. The van der Waals surface area contributed by atoms with E-state index in [1.165, 1.54) is 0 Å². The molecule has 0 atom stereocenters. The number of nitrogens with zero attached hydrogens (tertiary/aromatic N) is 1. The van der Waals surface area contributed by atoms with Crippen molar-refractivity contribution < 1.29 is 9.90 Å². The van der Waals surface area contributed by atoms with Crippen LogP contribution in [0.2, 0.25) is 0 Å². The number of nitrogen functional groups attached to an aromatic ring is 1. The molecule has 5 nitrogen and oxygen atoms in total. The summed E-state index contributed by atoms with van der Waals surface area (Å²) in [7, 11) is 0. The summed E-state index contributed by atoms with van der Waals surface area (Å²) >= 11 is 0. The average molecular weight is 269 g/mol. The summed E-state index contributed by atoms with van der Waals surface area (Å²) in [6, 6.07) is 13.4. The van der Waals surface area contributed by atoms with Crippen molar-refractivity contribution >= 4 is 17.3 Å². The van der Waals surface area contributed by atoms with Crippen LogP contribution in [0, 0.1) is 0 Å². The highest BCUT2D eigenvalue weighted by Gasteiger charge is 2.07. The van der Waals surface area contributed by atoms with E-state index in [1.807, 2.05) is 0 Å². The van der Waals surface area contributed by atoms with Gasteiger partial charge in [-0.15, -0.1) is 0 Å². The monoisotopic (exact) mass is 269 g/mol. The van der Waals surface area contributed by atoms with Gasteiger partial charge in [-0.05, 0) is 48.9 Å². The summed E-state index contributed by atoms with van der Waals surface area (Å²) in [4.78, 5) is 11.9. The van der Waals surface area contributed by atoms with Gasteiger partial charge in [-0.2, -0.15) is 5.10 Å². The standard InChI is InChI=1S/C15H15N3O2/c1-10(11-6-8-12(19)9-7-11)17-18-15(20)13-4-2-3-5-14(13)16/h2-9,19H,16H2,1H3,(H,18,20)/b17-10-. The first-order valence-corrected chi connectivity index (χ1v) is 6.06. The molecule has 0 aromatic heterocycles. The Bertz CT molecular complexity index is 648. The van der Waals surface area contributed by atoms with Gasteiger partial charge in [0.1, 0.15) is 5.75 Å². The number of rotatable bonds is 3. The fraction of sp³-hybridized carbons (Fsp3) is 0.0667. The molecule has 4 N–H and O–H groups in total. The van der Waals surface area contributed by atoms with Crippen molar-refractivity contribution in [2.24, 2.45) is 5.10 Å². The van der Waals surface area contributed by atoms with Gasteiger partial charge >= 0.3 is 0 Å². The number of carbonyl (C=O) groups excluding carboxylic acids is 1. The zero-order chi connectivity index (χ0) is 14.5. The van der Waals surface area contributed by atoms with Crippen LogP contribution in [-0.2, 0) is 0 Å². The number of aromatic hydroxyl groups is 1. The van der Waals surface area contributed by atoms with Crippen LogP contribution >= 0.6 is 0 Å². The Morgan fingerprint density at radius 2 is 1.80 bits per heavy atom. The van der Waals surface area contributed by atoms with Gasteiger partial charge in [0.2, 0.25) is 0 Å². The molecule has 2 aromatic rings. The van der Waals surface area contributed by atoms with E-state index < -0.39 is 0 Å². The van der Waals surface area contributed by atoms with Crippen LogP contribution in [0.5, 0.6) is 5.75 Å². The molecule has 0 aliphatic heterocycles. The van der Waals surface area contributed by atoms with E-state index in [0.717, 1.165) is 5.56 Å². The lowest BCUT2D eigenvalue weighted by Crippen LogP contribution is -2.20. The van der Waals surface area contributed by atoms with E-state index in [2.05, 4.69) is 10.5 Å². The van der Waals surface area contributed by atoms with Crippen molar-refractivity contribution in [2.45, 2.75) is 6.92 Å². The first kappa shape index (κ1) is 13.6.